The van der Waals surface area contributed by atoms with Gasteiger partial charge in [-0.2, -0.15) is 0 Å². The fraction of sp³-hybridized carbons (Fsp3) is 0.200. The molecule has 5 heteroatoms. The van der Waals surface area contributed by atoms with E-state index in [9.17, 15) is 8.78 Å². The lowest BCUT2D eigenvalue weighted by Crippen LogP contribution is -2.05. The standard InChI is InChI=1S/C15H14ClF2NO/c1-9(19)11-3-5-15(12(16)7-11)20-8-10-2-4-13(17)14(18)6-10/h2-7,9H,8,19H2,1H3. The second kappa shape index (κ2) is 6.20. The summed E-state index contributed by atoms with van der Waals surface area (Å²) in [5.74, 6) is -1.31. The number of benzene rings is 2. The van der Waals surface area contributed by atoms with Crippen molar-refractivity contribution in [2.45, 2.75) is 19.6 Å². The largest absolute Gasteiger partial charge is 0.487 e. The van der Waals surface area contributed by atoms with Gasteiger partial charge in [-0.05, 0) is 42.3 Å². The third-order valence-corrected chi connectivity index (χ3v) is 3.16. The summed E-state index contributed by atoms with van der Waals surface area (Å²) in [6.07, 6.45) is 0. The molecule has 106 valence electrons. The van der Waals surface area contributed by atoms with Crippen LogP contribution < -0.4 is 10.5 Å². The van der Waals surface area contributed by atoms with Gasteiger partial charge in [-0.3, -0.25) is 0 Å². The first kappa shape index (κ1) is 14.8. The van der Waals surface area contributed by atoms with E-state index in [1.165, 1.54) is 6.07 Å². The number of hydrogen-bond donors (Lipinski definition) is 1. The van der Waals surface area contributed by atoms with E-state index in [1.54, 1.807) is 12.1 Å². The Bertz CT molecular complexity index is 617. The van der Waals surface area contributed by atoms with Crippen molar-refractivity contribution < 1.29 is 13.5 Å². The fourth-order valence-corrected chi connectivity index (χ4v) is 1.95. The van der Waals surface area contributed by atoms with Gasteiger partial charge in [0.2, 0.25) is 0 Å². The highest BCUT2D eigenvalue weighted by atomic mass is 35.5. The maximum atomic E-state index is 13.1. The van der Waals surface area contributed by atoms with E-state index < -0.39 is 11.6 Å². The highest BCUT2D eigenvalue weighted by molar-refractivity contribution is 6.32. The minimum atomic E-state index is -0.899. The third-order valence-electron chi connectivity index (χ3n) is 2.86. The number of nitrogens with two attached hydrogens (primary N) is 1. The van der Waals surface area contributed by atoms with Crippen molar-refractivity contribution in [2.75, 3.05) is 0 Å². The first-order valence-corrected chi connectivity index (χ1v) is 6.47. The van der Waals surface area contributed by atoms with E-state index in [4.69, 9.17) is 22.1 Å². The Balaban J connectivity index is 2.09. The van der Waals surface area contributed by atoms with Crippen LogP contribution in [0.3, 0.4) is 0 Å². The van der Waals surface area contributed by atoms with Crippen LogP contribution in [0.25, 0.3) is 0 Å². The van der Waals surface area contributed by atoms with Gasteiger partial charge in [-0.15, -0.1) is 0 Å². The molecule has 2 nitrogen and oxygen atoms in total. The highest BCUT2D eigenvalue weighted by Crippen LogP contribution is 2.28. The zero-order valence-electron chi connectivity index (χ0n) is 10.9. The molecule has 2 rings (SSSR count). The minimum Gasteiger partial charge on any atom is -0.487 e. The molecule has 1 atom stereocenters. The van der Waals surface area contributed by atoms with Crippen molar-refractivity contribution in [2.24, 2.45) is 5.73 Å². The van der Waals surface area contributed by atoms with Crippen LogP contribution in [0.1, 0.15) is 24.1 Å². The molecule has 0 spiro atoms. The summed E-state index contributed by atoms with van der Waals surface area (Å²) in [7, 11) is 0. The van der Waals surface area contributed by atoms with Gasteiger partial charge >= 0.3 is 0 Å². The summed E-state index contributed by atoms with van der Waals surface area (Å²) in [6.45, 7) is 1.96. The van der Waals surface area contributed by atoms with Crippen LogP contribution in [0.5, 0.6) is 5.75 Å². The normalized spacial score (nSPS) is 12.2. The van der Waals surface area contributed by atoms with Gasteiger partial charge in [0.25, 0.3) is 0 Å². The van der Waals surface area contributed by atoms with Gasteiger partial charge in [0.1, 0.15) is 12.4 Å². The Morgan fingerprint density at radius 2 is 1.90 bits per heavy atom. The summed E-state index contributed by atoms with van der Waals surface area (Å²) in [4.78, 5) is 0. The monoisotopic (exact) mass is 297 g/mol. The van der Waals surface area contributed by atoms with Crippen molar-refractivity contribution in [3.8, 4) is 5.75 Å². The van der Waals surface area contributed by atoms with Crippen LogP contribution in [0.4, 0.5) is 8.78 Å². The van der Waals surface area contributed by atoms with Crippen LogP contribution in [0.2, 0.25) is 5.02 Å². The summed E-state index contributed by atoms with van der Waals surface area (Å²) < 4.78 is 31.3. The van der Waals surface area contributed by atoms with Gasteiger partial charge in [-0.25, -0.2) is 8.78 Å². The SMILES string of the molecule is CC(N)c1ccc(OCc2ccc(F)c(F)c2)c(Cl)c1. The summed E-state index contributed by atoms with van der Waals surface area (Å²) >= 11 is 6.08. The Labute approximate surface area is 121 Å². The molecule has 0 aliphatic heterocycles. The molecule has 1 unspecified atom stereocenters. The molecule has 2 N–H and O–H groups in total. The second-order valence-electron chi connectivity index (χ2n) is 4.52. The van der Waals surface area contributed by atoms with Crippen molar-refractivity contribution >= 4 is 11.6 Å². The summed E-state index contributed by atoms with van der Waals surface area (Å²) in [5, 5.41) is 0.433. The highest BCUT2D eigenvalue weighted by Gasteiger charge is 2.07. The molecule has 0 aliphatic carbocycles. The average molecular weight is 298 g/mol. The maximum absolute atomic E-state index is 13.1. The van der Waals surface area contributed by atoms with Gasteiger partial charge in [0.05, 0.1) is 5.02 Å². The second-order valence-corrected chi connectivity index (χ2v) is 4.92. The van der Waals surface area contributed by atoms with E-state index in [0.717, 1.165) is 17.7 Å². The van der Waals surface area contributed by atoms with Crippen molar-refractivity contribution in [3.05, 3.63) is 64.2 Å². The third kappa shape index (κ3) is 3.46. The number of ether oxygens (including phenoxy) is 1. The van der Waals surface area contributed by atoms with E-state index in [2.05, 4.69) is 0 Å². The van der Waals surface area contributed by atoms with Gasteiger partial charge in [-0.1, -0.05) is 23.7 Å². The molecule has 0 bridgehead atoms. The molecule has 0 aromatic heterocycles. The van der Waals surface area contributed by atoms with Crippen LogP contribution in [0.15, 0.2) is 36.4 Å². The summed E-state index contributed by atoms with van der Waals surface area (Å²) in [5.41, 5.74) is 7.17. The van der Waals surface area contributed by atoms with E-state index in [1.807, 2.05) is 13.0 Å². The molecule has 0 saturated carbocycles. The van der Waals surface area contributed by atoms with Gasteiger partial charge < -0.3 is 10.5 Å². The Kier molecular flexibility index (Phi) is 4.57. The lowest BCUT2D eigenvalue weighted by Gasteiger charge is -2.11. The molecule has 0 heterocycles. The number of halogens is 3. The zero-order chi connectivity index (χ0) is 14.7. The van der Waals surface area contributed by atoms with Crippen LogP contribution >= 0.6 is 11.6 Å². The average Bonchev–Trinajstić information content (AvgIpc) is 2.41. The molecule has 20 heavy (non-hydrogen) atoms. The lowest BCUT2D eigenvalue weighted by molar-refractivity contribution is 0.305. The van der Waals surface area contributed by atoms with Crippen LogP contribution in [-0.2, 0) is 6.61 Å². The molecular weight excluding hydrogens is 284 g/mol. The van der Waals surface area contributed by atoms with Crippen molar-refractivity contribution in [1.29, 1.82) is 0 Å². The smallest absolute Gasteiger partial charge is 0.159 e. The predicted molar refractivity (Wildman–Crippen MR) is 74.7 cm³/mol. The number of rotatable bonds is 4. The molecule has 0 fully saturated rings. The maximum Gasteiger partial charge on any atom is 0.159 e. The molecule has 2 aromatic rings. The minimum absolute atomic E-state index is 0.106. The molecule has 0 saturated heterocycles. The quantitative estimate of drug-likeness (QED) is 0.917. The summed E-state index contributed by atoms with van der Waals surface area (Å²) in [6, 6.07) is 8.76. The first-order valence-electron chi connectivity index (χ1n) is 6.09. The molecular formula is C15H14ClF2NO. The van der Waals surface area contributed by atoms with Gasteiger partial charge in [0, 0.05) is 6.04 Å². The van der Waals surface area contributed by atoms with Crippen molar-refractivity contribution in [3.63, 3.8) is 0 Å². The van der Waals surface area contributed by atoms with Crippen LogP contribution in [0, 0.1) is 11.6 Å². The van der Waals surface area contributed by atoms with Crippen molar-refractivity contribution in [1.82, 2.24) is 0 Å². The lowest BCUT2D eigenvalue weighted by atomic mass is 10.1. The Hall–Kier alpha value is -1.65. The molecule has 0 aliphatic rings. The topological polar surface area (TPSA) is 35.2 Å². The van der Waals surface area contributed by atoms with E-state index >= 15 is 0 Å². The van der Waals surface area contributed by atoms with E-state index in [-0.39, 0.29) is 12.6 Å². The zero-order valence-corrected chi connectivity index (χ0v) is 11.6. The Morgan fingerprint density at radius 1 is 1.15 bits per heavy atom. The molecule has 0 radical (unpaired) electrons. The Morgan fingerprint density at radius 3 is 2.50 bits per heavy atom. The van der Waals surface area contributed by atoms with E-state index in [0.29, 0.717) is 16.3 Å². The molecule has 0 amide bonds. The molecule has 2 aromatic carbocycles. The number of hydrogen-bond acceptors (Lipinski definition) is 2. The van der Waals surface area contributed by atoms with Crippen LogP contribution in [-0.4, -0.2) is 0 Å². The fourth-order valence-electron chi connectivity index (χ4n) is 1.71. The van der Waals surface area contributed by atoms with Gasteiger partial charge in [0.15, 0.2) is 11.6 Å². The first-order chi connectivity index (χ1) is 9.47. The predicted octanol–water partition coefficient (Wildman–Crippen LogP) is 4.22.